The molecule has 9 heteroatoms. The monoisotopic (exact) mass is 547 g/mol. The largest absolute Gasteiger partial charge is 0.467 e. The number of amides is 1. The minimum Gasteiger partial charge on any atom is -0.467 e. The van der Waals surface area contributed by atoms with Crippen molar-refractivity contribution in [3.8, 4) is 0 Å². The van der Waals surface area contributed by atoms with E-state index >= 15 is 0 Å². The van der Waals surface area contributed by atoms with Crippen LogP contribution in [-0.4, -0.2) is 59.5 Å². The number of hydrogen-bond donors (Lipinski definition) is 1. The number of carbonyl (C=O) groups excluding carboxylic acids is 2. The summed E-state index contributed by atoms with van der Waals surface area (Å²) in [4.78, 5) is 39.9. The lowest BCUT2D eigenvalue weighted by molar-refractivity contribution is -0.571. The van der Waals surface area contributed by atoms with Crippen molar-refractivity contribution in [1.29, 1.82) is 0 Å². The van der Waals surface area contributed by atoms with Gasteiger partial charge in [-0.2, -0.15) is 12.6 Å². The Labute approximate surface area is 231 Å². The Morgan fingerprint density at radius 1 is 1.13 bits per heavy atom. The molecule has 6 rings (SSSR count). The summed E-state index contributed by atoms with van der Waals surface area (Å²) >= 11 is 4.37. The summed E-state index contributed by atoms with van der Waals surface area (Å²) in [5.41, 5.74) is 0.325. The van der Waals surface area contributed by atoms with E-state index in [1.54, 1.807) is 4.90 Å². The van der Waals surface area contributed by atoms with Crippen LogP contribution in [0, 0.1) is 23.7 Å². The minimum absolute atomic E-state index is 0.126. The van der Waals surface area contributed by atoms with E-state index < -0.39 is 29.7 Å². The van der Waals surface area contributed by atoms with Gasteiger partial charge in [-0.15, -0.1) is 0 Å². The standard InChI is InChI=1S/C29H41NO7S/c1-18-10-11-22-19(2)24(34-27-29(22)21(18)14-15-28(3,35-27)36-37-29)12-13-25(31)30(23(17-38)26(32)33-4)16-20-8-6-5-7-9-20/h5-9,18-19,21-24,27,38H,10-17H2,1-4H3/t18-,19-,21+,22?,23-,24-,27-,28+,29-/m1/s1. The third-order valence-electron chi connectivity index (χ3n) is 9.48. The first-order chi connectivity index (χ1) is 18.2. The highest BCUT2D eigenvalue weighted by Gasteiger charge is 2.69. The Hall–Kier alpha value is -1.65. The molecule has 1 aliphatic carbocycles. The lowest BCUT2D eigenvalue weighted by Crippen LogP contribution is -2.70. The van der Waals surface area contributed by atoms with E-state index in [9.17, 15) is 9.59 Å². The zero-order chi connectivity index (χ0) is 27.1. The third-order valence-corrected chi connectivity index (χ3v) is 9.82. The zero-order valence-corrected chi connectivity index (χ0v) is 23.7. The summed E-state index contributed by atoms with van der Waals surface area (Å²) in [6.07, 6.45) is 3.95. The Morgan fingerprint density at radius 2 is 1.89 bits per heavy atom. The second-order valence-corrected chi connectivity index (χ2v) is 12.1. The maximum atomic E-state index is 13.6. The van der Waals surface area contributed by atoms with Gasteiger partial charge in [0, 0.05) is 31.1 Å². The number of esters is 1. The van der Waals surface area contributed by atoms with Crippen LogP contribution in [0.3, 0.4) is 0 Å². The van der Waals surface area contributed by atoms with Gasteiger partial charge in [0.2, 0.25) is 11.7 Å². The van der Waals surface area contributed by atoms with Crippen LogP contribution >= 0.6 is 12.6 Å². The van der Waals surface area contributed by atoms with Crippen molar-refractivity contribution in [2.24, 2.45) is 23.7 Å². The highest BCUT2D eigenvalue weighted by Crippen LogP contribution is 2.60. The van der Waals surface area contributed by atoms with Gasteiger partial charge in [-0.3, -0.25) is 4.79 Å². The molecule has 8 nitrogen and oxygen atoms in total. The second-order valence-electron chi connectivity index (χ2n) is 11.7. The average Bonchev–Trinajstić information content (AvgIpc) is 3.15. The van der Waals surface area contributed by atoms with Crippen molar-refractivity contribution < 1.29 is 33.6 Å². The first kappa shape index (κ1) is 27.9. The van der Waals surface area contributed by atoms with Crippen molar-refractivity contribution in [2.45, 2.75) is 95.7 Å². The molecule has 2 bridgehead atoms. The van der Waals surface area contributed by atoms with Gasteiger partial charge < -0.3 is 19.1 Å². The van der Waals surface area contributed by atoms with E-state index in [-0.39, 0.29) is 36.0 Å². The lowest BCUT2D eigenvalue weighted by atomic mass is 9.57. The summed E-state index contributed by atoms with van der Waals surface area (Å²) in [5, 5.41) is 0. The van der Waals surface area contributed by atoms with Crippen molar-refractivity contribution in [1.82, 2.24) is 4.90 Å². The van der Waals surface area contributed by atoms with Crippen LogP contribution in [0.1, 0.15) is 64.9 Å². The molecule has 0 N–H and O–H groups in total. The Morgan fingerprint density at radius 3 is 2.61 bits per heavy atom. The molecular weight excluding hydrogens is 506 g/mol. The van der Waals surface area contributed by atoms with E-state index in [1.807, 2.05) is 37.3 Å². The third kappa shape index (κ3) is 4.89. The number of hydrogen-bond acceptors (Lipinski definition) is 8. The molecule has 1 amide bonds. The van der Waals surface area contributed by atoms with E-state index in [0.717, 1.165) is 31.2 Å². The molecule has 0 radical (unpaired) electrons. The number of fused-ring (bicyclic) bond motifs is 2. The van der Waals surface area contributed by atoms with Gasteiger partial charge in [0.15, 0.2) is 11.9 Å². The van der Waals surface area contributed by atoms with Gasteiger partial charge >= 0.3 is 5.97 Å². The molecule has 5 fully saturated rings. The molecule has 4 saturated heterocycles. The fraction of sp³-hybridized carbons (Fsp3) is 0.724. The number of nitrogens with zero attached hydrogens (tertiary/aromatic N) is 1. The van der Waals surface area contributed by atoms with Crippen molar-refractivity contribution in [2.75, 3.05) is 12.9 Å². The summed E-state index contributed by atoms with van der Waals surface area (Å²) in [6.45, 7) is 6.73. The molecule has 210 valence electrons. The molecule has 1 spiro atoms. The van der Waals surface area contributed by atoms with Gasteiger partial charge in [0.1, 0.15) is 6.04 Å². The smallest absolute Gasteiger partial charge is 0.329 e. The lowest BCUT2D eigenvalue weighted by Gasteiger charge is -2.60. The van der Waals surface area contributed by atoms with Crippen LogP contribution in [0.2, 0.25) is 0 Å². The molecule has 9 atom stereocenters. The normalized spacial score (nSPS) is 38.6. The molecule has 1 saturated carbocycles. The number of carbonyl (C=O) groups is 2. The molecule has 1 aromatic rings. The van der Waals surface area contributed by atoms with Crippen molar-refractivity contribution in [3.05, 3.63) is 35.9 Å². The van der Waals surface area contributed by atoms with Gasteiger partial charge in [-0.25, -0.2) is 14.6 Å². The van der Waals surface area contributed by atoms with Crippen LogP contribution in [0.15, 0.2) is 30.3 Å². The maximum absolute atomic E-state index is 13.6. The molecular formula is C29H41NO7S. The van der Waals surface area contributed by atoms with E-state index in [1.165, 1.54) is 7.11 Å². The van der Waals surface area contributed by atoms with Crippen LogP contribution in [0.5, 0.6) is 0 Å². The molecule has 1 aromatic carbocycles. The number of methoxy groups -OCH3 is 1. The van der Waals surface area contributed by atoms with E-state index in [4.69, 9.17) is 24.0 Å². The number of rotatable bonds is 8. The fourth-order valence-corrected chi connectivity index (χ4v) is 7.65. The Balaban J connectivity index is 1.34. The van der Waals surface area contributed by atoms with Gasteiger partial charge in [-0.1, -0.05) is 44.2 Å². The van der Waals surface area contributed by atoms with E-state index in [2.05, 4.69) is 26.5 Å². The number of thiol groups is 1. The molecule has 0 aromatic heterocycles. The Bertz CT molecular complexity index is 1010. The number of benzene rings is 1. The molecule has 4 heterocycles. The first-order valence-corrected chi connectivity index (χ1v) is 14.6. The zero-order valence-electron chi connectivity index (χ0n) is 22.8. The van der Waals surface area contributed by atoms with Gasteiger partial charge in [0.25, 0.3) is 0 Å². The SMILES string of the molecule is COC(=O)[C@@H](CS)N(Cc1ccccc1)C(=O)CC[C@H]1O[C@@H]2O[C@]3(C)CC[C@H]4[C@H](C)CCC([C@H]1C)[C@@]24OO3. The molecule has 4 aliphatic heterocycles. The van der Waals surface area contributed by atoms with E-state index in [0.29, 0.717) is 24.8 Å². The van der Waals surface area contributed by atoms with Crippen LogP contribution in [0.25, 0.3) is 0 Å². The fourth-order valence-electron chi connectivity index (χ4n) is 7.31. The molecule has 1 unspecified atom stereocenters. The summed E-state index contributed by atoms with van der Waals surface area (Å²) in [5.74, 6) is -0.0680. The summed E-state index contributed by atoms with van der Waals surface area (Å²) in [6, 6.07) is 8.89. The van der Waals surface area contributed by atoms with Gasteiger partial charge in [-0.05, 0) is 55.9 Å². The van der Waals surface area contributed by atoms with Crippen LogP contribution in [-0.2, 0) is 40.1 Å². The quantitative estimate of drug-likeness (QED) is 0.291. The highest BCUT2D eigenvalue weighted by molar-refractivity contribution is 7.80. The van der Waals surface area contributed by atoms with Crippen LogP contribution < -0.4 is 0 Å². The highest BCUT2D eigenvalue weighted by atomic mass is 32.1. The second kappa shape index (κ2) is 11.1. The maximum Gasteiger partial charge on any atom is 0.329 e. The summed E-state index contributed by atoms with van der Waals surface area (Å²) < 4.78 is 18.1. The average molecular weight is 548 g/mol. The first-order valence-electron chi connectivity index (χ1n) is 13.9. The predicted octanol–water partition coefficient (Wildman–Crippen LogP) is 4.52. The minimum atomic E-state index is -0.828. The predicted molar refractivity (Wildman–Crippen MR) is 143 cm³/mol. The topological polar surface area (TPSA) is 83.5 Å². The van der Waals surface area contributed by atoms with Crippen molar-refractivity contribution in [3.63, 3.8) is 0 Å². The molecule has 5 aliphatic rings. The molecule has 38 heavy (non-hydrogen) atoms. The number of ether oxygens (including phenoxy) is 3. The van der Waals surface area contributed by atoms with Gasteiger partial charge in [0.05, 0.1) is 13.2 Å². The van der Waals surface area contributed by atoms with Crippen LogP contribution in [0.4, 0.5) is 0 Å². The summed E-state index contributed by atoms with van der Waals surface area (Å²) in [7, 11) is 1.34. The Kier molecular flexibility index (Phi) is 8.14. The van der Waals surface area contributed by atoms with Crippen molar-refractivity contribution >= 4 is 24.5 Å².